The number of nitrogens with zero attached hydrogens (tertiary/aromatic N) is 2. The maximum Gasteiger partial charge on any atom is 0.389 e. The highest BCUT2D eigenvalue weighted by Gasteiger charge is 2.10. The smallest absolute Gasteiger partial charge is 0.258 e. The number of hydrogen-bond acceptors (Lipinski definition) is 4. The number of amides is 2. The van der Waals surface area contributed by atoms with Gasteiger partial charge in [0.05, 0.1) is 0 Å². The molecule has 0 saturated heterocycles. The lowest BCUT2D eigenvalue weighted by molar-refractivity contribution is -0.528. The number of nitrogens with one attached hydrogen (secondary N) is 1. The van der Waals surface area contributed by atoms with Gasteiger partial charge in [0.25, 0.3) is 0 Å². The van der Waals surface area contributed by atoms with Crippen molar-refractivity contribution in [2.45, 2.75) is 6.92 Å². The molecule has 7 nitrogen and oxygen atoms in total. The second-order valence-corrected chi connectivity index (χ2v) is 1.46. The Balaban J connectivity index is 3.73. The first-order valence-corrected chi connectivity index (χ1v) is 2.55. The SMILES string of the molecule is CCN(N)C(=O)N[N+](=O)[O-]. The summed E-state index contributed by atoms with van der Waals surface area (Å²) in [4.78, 5) is 20.1. The normalized spacial score (nSPS) is 8.60. The van der Waals surface area contributed by atoms with E-state index in [1.54, 1.807) is 6.92 Å². The number of urea groups is 1. The monoisotopic (exact) mass is 148 g/mol. The minimum absolute atomic E-state index is 0.222. The largest absolute Gasteiger partial charge is 0.389 e. The van der Waals surface area contributed by atoms with Crippen LogP contribution in [-0.2, 0) is 0 Å². The van der Waals surface area contributed by atoms with E-state index >= 15 is 0 Å². The van der Waals surface area contributed by atoms with Gasteiger partial charge in [-0.3, -0.25) is 5.01 Å². The second kappa shape index (κ2) is 3.62. The Morgan fingerprint density at radius 2 is 2.40 bits per heavy atom. The van der Waals surface area contributed by atoms with Gasteiger partial charge in [-0.1, -0.05) is 0 Å². The zero-order valence-electron chi connectivity index (χ0n) is 5.40. The lowest BCUT2D eigenvalue weighted by Gasteiger charge is -2.09. The molecule has 0 aliphatic carbocycles. The highest BCUT2D eigenvalue weighted by molar-refractivity contribution is 5.71. The molecule has 3 N–H and O–H groups in total. The molecule has 0 aromatic rings. The quantitative estimate of drug-likeness (QED) is 0.229. The molecule has 0 aromatic carbocycles. The van der Waals surface area contributed by atoms with Crippen LogP contribution in [0.4, 0.5) is 4.79 Å². The zero-order valence-corrected chi connectivity index (χ0v) is 5.40. The highest BCUT2D eigenvalue weighted by atomic mass is 16.7. The summed E-state index contributed by atoms with van der Waals surface area (Å²) in [6.45, 7) is 1.82. The van der Waals surface area contributed by atoms with Gasteiger partial charge in [-0.25, -0.2) is 20.8 Å². The lowest BCUT2D eigenvalue weighted by Crippen LogP contribution is -2.46. The average Bonchev–Trinajstić information content (AvgIpc) is 1.85. The van der Waals surface area contributed by atoms with Crippen LogP contribution in [0.2, 0.25) is 0 Å². The molecule has 10 heavy (non-hydrogen) atoms. The van der Waals surface area contributed by atoms with E-state index in [9.17, 15) is 14.9 Å². The van der Waals surface area contributed by atoms with Crippen LogP contribution in [0, 0.1) is 10.1 Å². The van der Waals surface area contributed by atoms with Crippen molar-refractivity contribution in [3.8, 4) is 0 Å². The lowest BCUT2D eigenvalue weighted by atomic mass is 10.7. The van der Waals surface area contributed by atoms with Crippen molar-refractivity contribution in [1.82, 2.24) is 10.4 Å². The van der Waals surface area contributed by atoms with Gasteiger partial charge in [-0.15, -0.1) is 0 Å². The number of hydrazine groups is 2. The third-order valence-electron chi connectivity index (χ3n) is 0.788. The summed E-state index contributed by atoms with van der Waals surface area (Å²) in [5.74, 6) is 4.98. The third-order valence-corrected chi connectivity index (χ3v) is 0.788. The van der Waals surface area contributed by atoms with E-state index in [1.165, 1.54) is 5.43 Å². The molecule has 0 atom stereocenters. The molecule has 0 fully saturated rings. The minimum Gasteiger partial charge on any atom is -0.258 e. The molecule has 0 rings (SSSR count). The van der Waals surface area contributed by atoms with Crippen LogP contribution < -0.4 is 11.3 Å². The Hall–Kier alpha value is -1.37. The van der Waals surface area contributed by atoms with Crippen LogP contribution >= 0.6 is 0 Å². The van der Waals surface area contributed by atoms with Crippen molar-refractivity contribution in [1.29, 1.82) is 0 Å². The number of carbonyl (C=O) groups is 1. The topological polar surface area (TPSA) is 102 Å². The molecular weight excluding hydrogens is 140 g/mol. The Labute approximate surface area is 56.9 Å². The van der Waals surface area contributed by atoms with Crippen molar-refractivity contribution >= 4 is 6.03 Å². The molecule has 7 heteroatoms. The minimum atomic E-state index is -0.960. The maximum atomic E-state index is 10.4. The van der Waals surface area contributed by atoms with Crippen molar-refractivity contribution in [2.75, 3.05) is 6.54 Å². The predicted octanol–water partition coefficient (Wildman–Crippen LogP) is -0.917. The number of rotatable bonds is 2. The molecule has 0 aliphatic rings. The van der Waals surface area contributed by atoms with E-state index in [0.717, 1.165) is 0 Å². The first-order chi connectivity index (χ1) is 4.57. The molecular formula is C3H8N4O3. The van der Waals surface area contributed by atoms with Gasteiger partial charge in [-0.05, 0) is 12.3 Å². The van der Waals surface area contributed by atoms with E-state index in [4.69, 9.17) is 5.84 Å². The van der Waals surface area contributed by atoms with Crippen LogP contribution in [0.3, 0.4) is 0 Å². The van der Waals surface area contributed by atoms with Crippen LogP contribution in [-0.4, -0.2) is 22.6 Å². The van der Waals surface area contributed by atoms with Crippen molar-refractivity contribution in [3.05, 3.63) is 10.1 Å². The van der Waals surface area contributed by atoms with Crippen molar-refractivity contribution in [3.63, 3.8) is 0 Å². The van der Waals surface area contributed by atoms with Gasteiger partial charge in [0, 0.05) is 6.54 Å². The van der Waals surface area contributed by atoms with E-state index in [1.807, 2.05) is 0 Å². The Morgan fingerprint density at radius 3 is 2.70 bits per heavy atom. The summed E-state index contributed by atoms with van der Waals surface area (Å²) in [6.07, 6.45) is 0. The average molecular weight is 148 g/mol. The summed E-state index contributed by atoms with van der Waals surface area (Å²) in [6, 6.07) is -0.924. The van der Waals surface area contributed by atoms with Crippen LogP contribution in [0.25, 0.3) is 0 Å². The van der Waals surface area contributed by atoms with E-state index in [0.29, 0.717) is 5.01 Å². The number of carbonyl (C=O) groups excluding carboxylic acids is 1. The Bertz CT molecular complexity index is 147. The first kappa shape index (κ1) is 8.63. The summed E-state index contributed by atoms with van der Waals surface area (Å²) >= 11 is 0. The van der Waals surface area contributed by atoms with Gasteiger partial charge in [0.15, 0.2) is 5.03 Å². The van der Waals surface area contributed by atoms with Gasteiger partial charge < -0.3 is 0 Å². The Kier molecular flexibility index (Phi) is 3.12. The molecule has 0 radical (unpaired) electrons. The third kappa shape index (κ3) is 2.82. The molecule has 0 spiro atoms. The van der Waals surface area contributed by atoms with Gasteiger partial charge in [-0.2, -0.15) is 0 Å². The van der Waals surface area contributed by atoms with Crippen LogP contribution in [0.5, 0.6) is 0 Å². The molecule has 0 aliphatic heterocycles. The fraction of sp³-hybridized carbons (Fsp3) is 0.667. The van der Waals surface area contributed by atoms with Crippen LogP contribution in [0.1, 0.15) is 6.92 Å². The molecule has 0 unspecified atom stereocenters. The van der Waals surface area contributed by atoms with Crippen LogP contribution in [0.15, 0.2) is 0 Å². The van der Waals surface area contributed by atoms with Gasteiger partial charge in [0.1, 0.15) is 0 Å². The molecule has 2 amide bonds. The van der Waals surface area contributed by atoms with Gasteiger partial charge in [0.2, 0.25) is 0 Å². The second-order valence-electron chi connectivity index (χ2n) is 1.46. The fourth-order valence-corrected chi connectivity index (χ4v) is 0.286. The summed E-state index contributed by atoms with van der Waals surface area (Å²) < 4.78 is 0. The molecule has 0 heterocycles. The fourth-order valence-electron chi connectivity index (χ4n) is 0.286. The van der Waals surface area contributed by atoms with Gasteiger partial charge >= 0.3 is 6.03 Å². The highest BCUT2D eigenvalue weighted by Crippen LogP contribution is 1.76. The molecule has 58 valence electrons. The molecule has 0 aromatic heterocycles. The summed E-state index contributed by atoms with van der Waals surface area (Å²) in [5.41, 5.74) is 1.38. The number of nitro groups is 1. The van der Waals surface area contributed by atoms with E-state index in [-0.39, 0.29) is 6.54 Å². The van der Waals surface area contributed by atoms with Crippen molar-refractivity contribution in [2.24, 2.45) is 5.84 Å². The van der Waals surface area contributed by atoms with Crippen molar-refractivity contribution < 1.29 is 9.83 Å². The maximum absolute atomic E-state index is 10.4. The summed E-state index contributed by atoms with van der Waals surface area (Å²) in [5, 5.41) is 9.36. The first-order valence-electron chi connectivity index (χ1n) is 2.55. The Morgan fingerprint density at radius 1 is 1.90 bits per heavy atom. The predicted molar refractivity (Wildman–Crippen MR) is 32.1 cm³/mol. The molecule has 0 bridgehead atoms. The van der Waals surface area contributed by atoms with E-state index in [2.05, 4.69) is 0 Å². The van der Waals surface area contributed by atoms with E-state index < -0.39 is 11.1 Å². The number of hydrogen-bond donors (Lipinski definition) is 2. The summed E-state index contributed by atoms with van der Waals surface area (Å²) in [7, 11) is 0. The zero-order chi connectivity index (χ0) is 8.15. The number of nitrogens with two attached hydrogens (primary N) is 1. The standard InChI is InChI=1S/C3H8N4O3/c1-2-6(4)3(8)5-7(9)10/h2,4H2,1H3,(H,5,8). The molecule has 0 saturated carbocycles.